The molecule has 4 N–H and O–H groups in total. The number of anilines is 4. The molecule has 6 rings (SSSR count). The highest BCUT2D eigenvalue weighted by Crippen LogP contribution is 2.45. The molecule has 234 valence electrons. The van der Waals surface area contributed by atoms with Gasteiger partial charge in [0.15, 0.2) is 0 Å². The molecule has 1 aliphatic rings. The summed E-state index contributed by atoms with van der Waals surface area (Å²) in [5, 5.41) is 10.7. The summed E-state index contributed by atoms with van der Waals surface area (Å²) in [6.45, 7) is 7.07. The van der Waals surface area contributed by atoms with Gasteiger partial charge in [-0.1, -0.05) is 12.0 Å². The Morgan fingerprint density at radius 1 is 1.07 bits per heavy atom. The number of thiophene rings is 1. The van der Waals surface area contributed by atoms with Crippen molar-refractivity contribution in [3.05, 3.63) is 59.0 Å². The monoisotopic (exact) mass is 638 g/mol. The van der Waals surface area contributed by atoms with Crippen LogP contribution in [-0.2, 0) is 0 Å². The van der Waals surface area contributed by atoms with Crippen molar-refractivity contribution in [2.75, 3.05) is 55.5 Å². The van der Waals surface area contributed by atoms with Gasteiger partial charge in [0, 0.05) is 48.9 Å². The highest BCUT2D eigenvalue weighted by Gasteiger charge is 2.42. The molecule has 13 heteroatoms. The summed E-state index contributed by atoms with van der Waals surface area (Å²) in [4.78, 5) is 24.7. The lowest BCUT2D eigenvalue weighted by Gasteiger charge is -2.52. The van der Waals surface area contributed by atoms with Crippen LogP contribution < -0.4 is 21.3 Å². The lowest BCUT2D eigenvalue weighted by Crippen LogP contribution is -2.67. The topological polar surface area (TPSA) is 137 Å². The van der Waals surface area contributed by atoms with Crippen molar-refractivity contribution in [2.45, 2.75) is 32.4 Å². The maximum atomic E-state index is 16.6. The van der Waals surface area contributed by atoms with Crippen LogP contribution in [0, 0.1) is 34.8 Å². The Labute approximate surface area is 269 Å². The third-order valence-electron chi connectivity index (χ3n) is 8.85. The van der Waals surface area contributed by atoms with Crippen LogP contribution in [0.1, 0.15) is 43.6 Å². The summed E-state index contributed by atoms with van der Waals surface area (Å²) in [6.07, 6.45) is 3.09. The fourth-order valence-electron chi connectivity index (χ4n) is 5.88. The Bertz CT molecular complexity index is 2140. The fourth-order valence-corrected chi connectivity index (χ4v) is 6.83. The Kier molecular flexibility index (Phi) is 7.63. The van der Waals surface area contributed by atoms with Gasteiger partial charge < -0.3 is 26.2 Å². The van der Waals surface area contributed by atoms with Crippen molar-refractivity contribution < 1.29 is 8.78 Å². The van der Waals surface area contributed by atoms with Gasteiger partial charge in [-0.15, -0.1) is 17.3 Å². The number of rotatable bonds is 6. The lowest BCUT2D eigenvalue weighted by molar-refractivity contribution is 0.132. The molecule has 0 unspecified atom stereocenters. The molecule has 0 bridgehead atoms. The van der Waals surface area contributed by atoms with E-state index in [1.165, 1.54) is 24.4 Å². The van der Waals surface area contributed by atoms with Gasteiger partial charge in [0.2, 0.25) is 5.95 Å². The van der Waals surface area contributed by atoms with E-state index >= 15 is 4.39 Å². The molecule has 10 nitrogen and oxygen atoms in total. The minimum Gasteiger partial charge on any atom is -0.389 e. The average Bonchev–Trinajstić information content (AvgIpc) is 3.36. The number of nitrogens with two attached hydrogens (primary N) is 2. The fraction of sp³-hybridized carbons (Fsp3) is 0.303. The first-order chi connectivity index (χ1) is 21.9. The summed E-state index contributed by atoms with van der Waals surface area (Å²) in [5.41, 5.74) is 14.0. The summed E-state index contributed by atoms with van der Waals surface area (Å²) in [7, 11) is 5.90. The van der Waals surface area contributed by atoms with Crippen LogP contribution in [0.3, 0.4) is 0 Å². The number of nitriles is 1. The number of halogens is 2. The molecule has 0 amide bonds. The number of fused-ring (bicyclic) bond motifs is 2. The van der Waals surface area contributed by atoms with Crippen LogP contribution in [0.4, 0.5) is 31.4 Å². The normalized spacial score (nSPS) is 14.6. The molecule has 3 aromatic heterocycles. The maximum absolute atomic E-state index is 16.6. The van der Waals surface area contributed by atoms with Crippen molar-refractivity contribution in [3.63, 3.8) is 0 Å². The predicted octanol–water partition coefficient (Wildman–Crippen LogP) is 5.32. The predicted molar refractivity (Wildman–Crippen MR) is 180 cm³/mol. The van der Waals surface area contributed by atoms with E-state index in [4.69, 9.17) is 21.4 Å². The van der Waals surface area contributed by atoms with Gasteiger partial charge in [-0.25, -0.2) is 18.7 Å². The number of aromatic nitrogens is 4. The zero-order valence-electron chi connectivity index (χ0n) is 26.3. The van der Waals surface area contributed by atoms with E-state index in [0.717, 1.165) is 11.3 Å². The van der Waals surface area contributed by atoms with Crippen LogP contribution in [0.5, 0.6) is 0 Å². The minimum atomic E-state index is -0.631. The number of hydrogen-bond donors (Lipinski definition) is 2. The van der Waals surface area contributed by atoms with E-state index in [1.54, 1.807) is 13.1 Å². The van der Waals surface area contributed by atoms with Gasteiger partial charge in [0.1, 0.15) is 40.0 Å². The number of hydrogen-bond acceptors (Lipinski definition) is 11. The van der Waals surface area contributed by atoms with Crippen molar-refractivity contribution in [3.8, 4) is 29.0 Å². The maximum Gasteiger partial charge on any atom is 0.228 e. The number of likely N-dealkylation sites (N-methyl/N-ethyl adjacent to an activating group) is 1. The Hall–Kier alpha value is -5.11. The van der Waals surface area contributed by atoms with Crippen molar-refractivity contribution in [2.24, 2.45) is 0 Å². The molecule has 46 heavy (non-hydrogen) atoms. The van der Waals surface area contributed by atoms with Crippen LogP contribution in [0.15, 0.2) is 30.6 Å². The van der Waals surface area contributed by atoms with Gasteiger partial charge in [-0.3, -0.25) is 4.98 Å². The van der Waals surface area contributed by atoms with Crippen LogP contribution in [0.2, 0.25) is 0 Å². The molecule has 2 aromatic carbocycles. The second-order valence-electron chi connectivity index (χ2n) is 11.8. The smallest absolute Gasteiger partial charge is 0.228 e. The third-order valence-corrected chi connectivity index (χ3v) is 9.88. The SMILES string of the molecule is CC#Cc1c(-c2ccc(F)c3sc(N)c(C#N)c23)c(F)cc2c(N(C)[C@@H](C)c3nccnc3N)nc(N3CC(C)(N(C)C)C3)nc12. The van der Waals surface area contributed by atoms with Gasteiger partial charge in [-0.2, -0.15) is 10.2 Å². The van der Waals surface area contributed by atoms with Gasteiger partial charge in [0.05, 0.1) is 32.9 Å². The molecule has 0 spiro atoms. The van der Waals surface area contributed by atoms with Crippen molar-refractivity contribution >= 4 is 54.9 Å². The van der Waals surface area contributed by atoms with Gasteiger partial charge in [-0.05, 0) is 52.6 Å². The van der Waals surface area contributed by atoms with Crippen LogP contribution >= 0.6 is 11.3 Å². The van der Waals surface area contributed by atoms with Gasteiger partial charge in [0.25, 0.3) is 0 Å². The Balaban J connectivity index is 1.66. The number of benzene rings is 2. The summed E-state index contributed by atoms with van der Waals surface area (Å²) in [6, 6.07) is 5.76. The van der Waals surface area contributed by atoms with Crippen molar-refractivity contribution in [1.82, 2.24) is 24.8 Å². The standard InChI is InChI=1S/C33H32F2N10S/c1-7-8-19-24(18-9-10-22(34)28-25(18)21(14-36)30(38)46-28)23(35)13-20-27(19)41-32(45-15-33(3,16-45)43(4)5)42-31(20)44(6)17(2)26-29(37)40-12-11-39-26/h9-13,17H,15-16,38H2,1-6H3,(H2,37,40)/t17-/m0/s1. The van der Waals surface area contributed by atoms with Crippen molar-refractivity contribution in [1.29, 1.82) is 5.26 Å². The largest absolute Gasteiger partial charge is 0.389 e. The molecular formula is C33H32F2N10S. The van der Waals surface area contributed by atoms with E-state index in [-0.39, 0.29) is 37.6 Å². The first-order valence-electron chi connectivity index (χ1n) is 14.5. The van der Waals surface area contributed by atoms with E-state index in [2.05, 4.69) is 44.6 Å². The quantitative estimate of drug-likeness (QED) is 0.235. The van der Waals surface area contributed by atoms with Gasteiger partial charge >= 0.3 is 0 Å². The number of nitrogens with zero attached hydrogens (tertiary/aromatic N) is 8. The first-order valence-corrected chi connectivity index (χ1v) is 15.3. The molecule has 5 aromatic rings. The minimum absolute atomic E-state index is 0.0853. The Morgan fingerprint density at radius 3 is 2.43 bits per heavy atom. The first kappa shape index (κ1) is 30.9. The second kappa shape index (κ2) is 11.4. The molecule has 0 saturated carbocycles. The van der Waals surface area contributed by atoms with E-state index in [9.17, 15) is 9.65 Å². The number of nitrogen functional groups attached to an aromatic ring is 2. The lowest BCUT2D eigenvalue weighted by atomic mass is 9.91. The highest BCUT2D eigenvalue weighted by molar-refractivity contribution is 7.23. The summed E-state index contributed by atoms with van der Waals surface area (Å²) >= 11 is 0.953. The molecule has 1 atom stereocenters. The molecule has 4 heterocycles. The molecule has 1 aliphatic heterocycles. The zero-order chi connectivity index (χ0) is 33.1. The molecule has 1 fully saturated rings. The molecule has 1 saturated heterocycles. The van der Waals surface area contributed by atoms with Crippen LogP contribution in [-0.4, -0.2) is 64.6 Å². The van der Waals surface area contributed by atoms with E-state index in [1.807, 2.05) is 33.0 Å². The van der Waals surface area contributed by atoms with E-state index in [0.29, 0.717) is 52.6 Å². The van der Waals surface area contributed by atoms with E-state index < -0.39 is 17.7 Å². The average molecular weight is 639 g/mol. The zero-order valence-corrected chi connectivity index (χ0v) is 27.1. The molecular weight excluding hydrogens is 606 g/mol. The summed E-state index contributed by atoms with van der Waals surface area (Å²) < 4.78 is 31.8. The highest BCUT2D eigenvalue weighted by atomic mass is 32.1. The summed E-state index contributed by atoms with van der Waals surface area (Å²) in [5.74, 6) is 5.99. The Morgan fingerprint density at radius 2 is 1.78 bits per heavy atom. The third kappa shape index (κ3) is 4.80. The molecule has 0 radical (unpaired) electrons. The van der Waals surface area contributed by atoms with Crippen LogP contribution in [0.25, 0.3) is 32.1 Å². The molecule has 0 aliphatic carbocycles. The second-order valence-corrected chi connectivity index (χ2v) is 12.9.